The highest BCUT2D eigenvalue weighted by Crippen LogP contribution is 2.43. The number of carbonyl (C=O) groups excluding carboxylic acids is 1. The topological polar surface area (TPSA) is 90.3 Å². The standard InChI is InChI=1S/C30H37N3O4S/c1-4-6-9-22(5-2)30(34)28-25-19-38(35,36)26-10-7-8-20(3)27(26)29(25)33(32-28)23-13-11-21(12-14-23)17-24-18-31-15-16-37-24/h7-8,10-14,22,24,31H,4-6,9,15-19H2,1-3H3. The summed E-state index contributed by atoms with van der Waals surface area (Å²) in [5.41, 5.74) is 5.00. The van der Waals surface area contributed by atoms with Crippen molar-refractivity contribution in [3.8, 4) is 16.9 Å². The molecule has 7 nitrogen and oxygen atoms in total. The lowest BCUT2D eigenvalue weighted by Gasteiger charge is -2.23. The summed E-state index contributed by atoms with van der Waals surface area (Å²) in [5, 5.41) is 8.23. The first kappa shape index (κ1) is 26.8. The van der Waals surface area contributed by atoms with E-state index in [4.69, 9.17) is 9.84 Å². The average molecular weight is 536 g/mol. The van der Waals surface area contributed by atoms with E-state index < -0.39 is 9.84 Å². The molecule has 0 spiro atoms. The van der Waals surface area contributed by atoms with Gasteiger partial charge in [0, 0.05) is 30.1 Å². The van der Waals surface area contributed by atoms with Gasteiger partial charge in [0.15, 0.2) is 15.6 Å². The predicted octanol–water partition coefficient (Wildman–Crippen LogP) is 5.07. The normalized spacial score (nSPS) is 19.0. The molecule has 3 aromatic rings. The van der Waals surface area contributed by atoms with E-state index in [1.165, 1.54) is 0 Å². The van der Waals surface area contributed by atoms with Crippen LogP contribution < -0.4 is 5.32 Å². The number of morpholine rings is 1. The minimum atomic E-state index is -3.60. The summed E-state index contributed by atoms with van der Waals surface area (Å²) in [6.45, 7) is 8.48. The Kier molecular flexibility index (Phi) is 7.84. The Bertz CT molecular complexity index is 1420. The molecule has 0 radical (unpaired) electrons. The van der Waals surface area contributed by atoms with Gasteiger partial charge >= 0.3 is 0 Å². The van der Waals surface area contributed by atoms with Crippen molar-refractivity contribution in [1.29, 1.82) is 0 Å². The fourth-order valence-electron chi connectivity index (χ4n) is 5.65. The third kappa shape index (κ3) is 5.09. The van der Waals surface area contributed by atoms with Gasteiger partial charge < -0.3 is 10.1 Å². The highest BCUT2D eigenvalue weighted by Gasteiger charge is 2.38. The minimum absolute atomic E-state index is 0.0539. The number of fused-ring (bicyclic) bond motifs is 3. The Labute approximate surface area is 225 Å². The number of ether oxygens (including phenoxy) is 1. The van der Waals surface area contributed by atoms with E-state index >= 15 is 0 Å². The van der Waals surface area contributed by atoms with Crippen LogP contribution in [-0.2, 0) is 26.7 Å². The van der Waals surface area contributed by atoms with Crippen molar-refractivity contribution < 1.29 is 17.9 Å². The SMILES string of the molecule is CCCCC(CC)C(=O)c1nn(-c2ccc(CC3CNCCO3)cc2)c2c1CS(=O)(=O)c1cccc(C)c1-2. The Morgan fingerprint density at radius 3 is 2.66 bits per heavy atom. The molecule has 1 aromatic heterocycles. The zero-order valence-corrected chi connectivity index (χ0v) is 23.3. The van der Waals surface area contributed by atoms with E-state index in [-0.39, 0.29) is 23.6 Å². The smallest absolute Gasteiger partial charge is 0.186 e. The van der Waals surface area contributed by atoms with Crippen LogP contribution in [0.4, 0.5) is 0 Å². The fraction of sp³-hybridized carbons (Fsp3) is 0.467. The van der Waals surface area contributed by atoms with Crippen LogP contribution in [0.1, 0.15) is 66.7 Å². The lowest BCUT2D eigenvalue weighted by atomic mass is 9.90. The number of sulfone groups is 1. The zero-order valence-electron chi connectivity index (χ0n) is 22.5. The van der Waals surface area contributed by atoms with Crippen LogP contribution in [0.3, 0.4) is 0 Å². The number of hydrogen-bond donors (Lipinski definition) is 1. The first-order valence-corrected chi connectivity index (χ1v) is 15.4. The van der Waals surface area contributed by atoms with Gasteiger partial charge in [0.2, 0.25) is 0 Å². The molecule has 2 aliphatic heterocycles. The molecule has 5 rings (SSSR count). The van der Waals surface area contributed by atoms with Gasteiger partial charge in [-0.2, -0.15) is 5.10 Å². The molecule has 2 aromatic carbocycles. The van der Waals surface area contributed by atoms with E-state index in [2.05, 4.69) is 24.4 Å². The van der Waals surface area contributed by atoms with Crippen LogP contribution in [0.5, 0.6) is 0 Å². The van der Waals surface area contributed by atoms with Gasteiger partial charge in [0.05, 0.1) is 34.7 Å². The maximum atomic E-state index is 13.8. The number of nitrogens with one attached hydrogen (secondary N) is 1. The zero-order chi connectivity index (χ0) is 26.9. The van der Waals surface area contributed by atoms with Crippen LogP contribution in [0, 0.1) is 12.8 Å². The number of carbonyl (C=O) groups is 1. The monoisotopic (exact) mass is 535 g/mol. The molecule has 2 unspecified atom stereocenters. The lowest BCUT2D eigenvalue weighted by molar-refractivity contribution is 0.0292. The average Bonchev–Trinajstić information content (AvgIpc) is 3.28. The third-order valence-corrected chi connectivity index (χ3v) is 9.46. The molecule has 38 heavy (non-hydrogen) atoms. The molecule has 0 amide bonds. The maximum Gasteiger partial charge on any atom is 0.186 e. The van der Waals surface area contributed by atoms with Crippen molar-refractivity contribution in [2.75, 3.05) is 19.7 Å². The van der Waals surface area contributed by atoms with Gasteiger partial charge in [0.1, 0.15) is 5.69 Å². The molecule has 2 atom stereocenters. The van der Waals surface area contributed by atoms with Crippen molar-refractivity contribution in [2.45, 2.75) is 69.6 Å². The summed E-state index contributed by atoms with van der Waals surface area (Å²) in [6.07, 6.45) is 4.40. The summed E-state index contributed by atoms with van der Waals surface area (Å²) < 4.78 is 34.4. The Morgan fingerprint density at radius 2 is 1.97 bits per heavy atom. The summed E-state index contributed by atoms with van der Waals surface area (Å²) >= 11 is 0. The van der Waals surface area contributed by atoms with Crippen molar-refractivity contribution in [3.63, 3.8) is 0 Å². The maximum absolute atomic E-state index is 13.8. The molecule has 2 aliphatic rings. The second kappa shape index (κ2) is 11.1. The second-order valence-corrected chi connectivity index (χ2v) is 12.4. The Morgan fingerprint density at radius 1 is 1.18 bits per heavy atom. The molecular weight excluding hydrogens is 498 g/mol. The number of ketones is 1. The van der Waals surface area contributed by atoms with Crippen LogP contribution in [-0.4, -0.2) is 49.8 Å². The summed E-state index contributed by atoms with van der Waals surface area (Å²) in [5.74, 6) is -0.439. The molecule has 202 valence electrons. The van der Waals surface area contributed by atoms with Crippen LogP contribution in [0.2, 0.25) is 0 Å². The summed E-state index contributed by atoms with van der Waals surface area (Å²) in [4.78, 5) is 14.1. The van der Waals surface area contributed by atoms with Gasteiger partial charge in [-0.05, 0) is 55.5 Å². The number of aromatic nitrogens is 2. The molecule has 0 saturated carbocycles. The highest BCUT2D eigenvalue weighted by atomic mass is 32.2. The first-order chi connectivity index (χ1) is 18.3. The summed E-state index contributed by atoms with van der Waals surface area (Å²) in [6, 6.07) is 13.5. The predicted molar refractivity (Wildman–Crippen MR) is 149 cm³/mol. The number of rotatable bonds is 9. The van der Waals surface area contributed by atoms with Crippen molar-refractivity contribution in [1.82, 2.24) is 15.1 Å². The largest absolute Gasteiger partial charge is 0.375 e. The minimum Gasteiger partial charge on any atom is -0.375 e. The lowest BCUT2D eigenvalue weighted by Crippen LogP contribution is -2.39. The van der Waals surface area contributed by atoms with Crippen LogP contribution >= 0.6 is 0 Å². The third-order valence-electron chi connectivity index (χ3n) is 7.78. The van der Waals surface area contributed by atoms with Crippen molar-refractivity contribution in [2.24, 2.45) is 5.92 Å². The van der Waals surface area contributed by atoms with Gasteiger partial charge in [-0.1, -0.05) is 51.0 Å². The number of hydrogen-bond acceptors (Lipinski definition) is 6. The Hall–Kier alpha value is -2.81. The van der Waals surface area contributed by atoms with Gasteiger partial charge in [-0.3, -0.25) is 4.79 Å². The van der Waals surface area contributed by atoms with Gasteiger partial charge in [-0.15, -0.1) is 0 Å². The molecule has 1 saturated heterocycles. The van der Waals surface area contributed by atoms with Crippen molar-refractivity contribution >= 4 is 15.6 Å². The van der Waals surface area contributed by atoms with Crippen LogP contribution in [0.15, 0.2) is 47.4 Å². The molecule has 8 heteroatoms. The molecule has 1 N–H and O–H groups in total. The fourth-order valence-corrected chi connectivity index (χ4v) is 7.31. The number of benzene rings is 2. The van der Waals surface area contributed by atoms with Crippen LogP contribution in [0.25, 0.3) is 16.9 Å². The van der Waals surface area contributed by atoms with Gasteiger partial charge in [0.25, 0.3) is 0 Å². The van der Waals surface area contributed by atoms with Gasteiger partial charge in [-0.25, -0.2) is 13.1 Å². The quantitative estimate of drug-likeness (QED) is 0.385. The summed E-state index contributed by atoms with van der Waals surface area (Å²) in [7, 11) is -3.60. The van der Waals surface area contributed by atoms with Crippen molar-refractivity contribution in [3.05, 3.63) is 64.8 Å². The second-order valence-electron chi connectivity index (χ2n) is 10.5. The van der Waals surface area contributed by atoms with E-state index in [0.717, 1.165) is 62.2 Å². The number of Topliss-reactive ketones (excluding diaryl/α,β-unsaturated/α-hetero) is 1. The molecule has 0 bridgehead atoms. The highest BCUT2D eigenvalue weighted by molar-refractivity contribution is 7.90. The van der Waals surface area contributed by atoms with E-state index in [0.29, 0.717) is 33.8 Å². The number of aryl methyl sites for hydroxylation is 1. The first-order valence-electron chi connectivity index (χ1n) is 13.7. The van der Waals surface area contributed by atoms with E-state index in [1.807, 2.05) is 32.0 Å². The molecule has 1 fully saturated rings. The number of unbranched alkanes of at least 4 members (excludes halogenated alkanes) is 1. The molecule has 0 aliphatic carbocycles. The number of nitrogens with zero attached hydrogens (tertiary/aromatic N) is 2. The molecular formula is C30H37N3O4S. The molecule has 3 heterocycles. The Balaban J connectivity index is 1.61. The van der Waals surface area contributed by atoms with E-state index in [9.17, 15) is 13.2 Å². The van der Waals surface area contributed by atoms with E-state index in [1.54, 1.807) is 16.8 Å².